The van der Waals surface area contributed by atoms with Crippen molar-refractivity contribution in [2.45, 2.75) is 18.9 Å². The number of fused-ring (bicyclic) bond motifs is 1. The summed E-state index contributed by atoms with van der Waals surface area (Å²) in [6, 6.07) is 7.00. The van der Waals surface area contributed by atoms with Gasteiger partial charge in [-0.1, -0.05) is 0 Å². The lowest BCUT2D eigenvalue weighted by Crippen LogP contribution is -2.41. The molecule has 1 aliphatic heterocycles. The van der Waals surface area contributed by atoms with Crippen molar-refractivity contribution in [2.75, 3.05) is 38.1 Å². The molecule has 0 aliphatic carbocycles. The standard InChI is InChI=1S/C23H26N8O4/c1-33-16-10-14(11-17(34-2)20(16)35-3)29-12-18(25-13-29)26-22-28-23(27-19-7-5-9-31(19)22)30-8-4-6-15(30)21(24)32/h5,7,9-13,15H,4,6,8H2,1-3H3,(H2,24,32)(H,26,27,28)/t15-/m0/s1. The minimum atomic E-state index is -0.417. The lowest BCUT2D eigenvalue weighted by atomic mass is 10.2. The first kappa shape index (κ1) is 22.3. The third-order valence-electron chi connectivity index (χ3n) is 5.98. The number of carbonyl (C=O) groups excluding carboxylic acids is 1. The number of anilines is 3. The minimum Gasteiger partial charge on any atom is -0.493 e. The van der Waals surface area contributed by atoms with E-state index in [1.165, 1.54) is 0 Å². The molecule has 0 unspecified atom stereocenters. The zero-order valence-electron chi connectivity index (χ0n) is 19.6. The van der Waals surface area contributed by atoms with E-state index < -0.39 is 6.04 Å². The number of nitrogens with zero attached hydrogens (tertiary/aromatic N) is 6. The van der Waals surface area contributed by atoms with Crippen molar-refractivity contribution in [3.63, 3.8) is 0 Å². The highest BCUT2D eigenvalue weighted by Crippen LogP contribution is 2.39. The molecule has 12 heteroatoms. The smallest absolute Gasteiger partial charge is 0.240 e. The second-order valence-corrected chi connectivity index (χ2v) is 8.01. The third kappa shape index (κ3) is 4.03. The average molecular weight is 479 g/mol. The molecule has 1 atom stereocenters. The molecule has 35 heavy (non-hydrogen) atoms. The summed E-state index contributed by atoms with van der Waals surface area (Å²) in [5.74, 6) is 2.73. The van der Waals surface area contributed by atoms with E-state index in [1.54, 1.807) is 27.7 Å². The number of ether oxygens (including phenoxy) is 3. The zero-order valence-corrected chi connectivity index (χ0v) is 19.6. The molecule has 1 saturated heterocycles. The van der Waals surface area contributed by atoms with Gasteiger partial charge in [-0.05, 0) is 25.0 Å². The molecule has 5 rings (SSSR count). The number of amides is 1. The minimum absolute atomic E-state index is 0.375. The van der Waals surface area contributed by atoms with Crippen LogP contribution in [0, 0.1) is 0 Å². The van der Waals surface area contributed by atoms with Crippen molar-refractivity contribution >= 4 is 29.3 Å². The fourth-order valence-electron chi connectivity index (χ4n) is 4.30. The molecule has 1 aliphatic rings. The summed E-state index contributed by atoms with van der Waals surface area (Å²) in [5, 5.41) is 3.26. The summed E-state index contributed by atoms with van der Waals surface area (Å²) in [5.41, 5.74) is 7.07. The summed E-state index contributed by atoms with van der Waals surface area (Å²) in [4.78, 5) is 27.6. The highest BCUT2D eigenvalue weighted by Gasteiger charge is 2.31. The van der Waals surface area contributed by atoms with Gasteiger partial charge >= 0.3 is 0 Å². The van der Waals surface area contributed by atoms with Crippen molar-refractivity contribution in [3.8, 4) is 22.9 Å². The number of hydrogen-bond donors (Lipinski definition) is 2. The molecule has 4 aromatic rings. The van der Waals surface area contributed by atoms with Crippen molar-refractivity contribution in [3.05, 3.63) is 43.0 Å². The molecule has 1 fully saturated rings. The number of carbonyl (C=O) groups is 1. The number of aromatic nitrogens is 5. The van der Waals surface area contributed by atoms with Gasteiger partial charge in [-0.25, -0.2) is 4.98 Å². The van der Waals surface area contributed by atoms with E-state index >= 15 is 0 Å². The van der Waals surface area contributed by atoms with Crippen LogP contribution in [0.25, 0.3) is 11.3 Å². The lowest BCUT2D eigenvalue weighted by molar-refractivity contribution is -0.119. The number of rotatable bonds is 8. The Morgan fingerprint density at radius 3 is 2.60 bits per heavy atom. The molecule has 3 N–H and O–H groups in total. The molecule has 4 heterocycles. The van der Waals surface area contributed by atoms with Gasteiger partial charge in [-0.2, -0.15) is 9.97 Å². The lowest BCUT2D eigenvalue weighted by Gasteiger charge is -2.22. The summed E-state index contributed by atoms with van der Waals surface area (Å²) < 4.78 is 20.0. The van der Waals surface area contributed by atoms with Gasteiger partial charge in [-0.15, -0.1) is 0 Å². The molecule has 0 radical (unpaired) electrons. The van der Waals surface area contributed by atoms with Gasteiger partial charge < -0.3 is 34.7 Å². The molecule has 182 valence electrons. The highest BCUT2D eigenvalue weighted by molar-refractivity contribution is 5.83. The Balaban J connectivity index is 1.48. The van der Waals surface area contributed by atoms with Crippen LogP contribution in [0.4, 0.5) is 17.7 Å². The summed E-state index contributed by atoms with van der Waals surface area (Å²) >= 11 is 0. The predicted molar refractivity (Wildman–Crippen MR) is 129 cm³/mol. The van der Waals surface area contributed by atoms with Crippen molar-refractivity contribution < 1.29 is 19.0 Å². The Morgan fingerprint density at radius 1 is 1.14 bits per heavy atom. The largest absolute Gasteiger partial charge is 0.493 e. The number of methoxy groups -OCH3 is 3. The van der Waals surface area contributed by atoms with Crippen LogP contribution < -0.4 is 30.2 Å². The van der Waals surface area contributed by atoms with E-state index in [0.29, 0.717) is 53.6 Å². The molecule has 1 aromatic carbocycles. The van der Waals surface area contributed by atoms with Crippen LogP contribution in [0.2, 0.25) is 0 Å². The number of hydrogen-bond acceptors (Lipinski definition) is 9. The van der Waals surface area contributed by atoms with Crippen molar-refractivity contribution in [2.24, 2.45) is 5.73 Å². The van der Waals surface area contributed by atoms with Crippen LogP contribution in [-0.4, -0.2) is 63.7 Å². The number of imidazole rings is 1. The summed E-state index contributed by atoms with van der Waals surface area (Å²) in [6.45, 7) is 0.666. The van der Waals surface area contributed by atoms with Crippen molar-refractivity contribution in [1.82, 2.24) is 23.9 Å². The number of nitrogens with two attached hydrogens (primary N) is 1. The van der Waals surface area contributed by atoms with Crippen molar-refractivity contribution in [1.29, 1.82) is 0 Å². The molecular weight excluding hydrogens is 452 g/mol. The van der Waals surface area contributed by atoms with Crippen LogP contribution in [-0.2, 0) is 4.79 Å². The first-order valence-electron chi connectivity index (χ1n) is 11.0. The fourth-order valence-corrected chi connectivity index (χ4v) is 4.30. The predicted octanol–water partition coefficient (Wildman–Crippen LogP) is 2.14. The van der Waals surface area contributed by atoms with E-state index in [2.05, 4.69) is 15.3 Å². The maximum absolute atomic E-state index is 11.9. The van der Waals surface area contributed by atoms with Gasteiger partial charge in [0, 0.05) is 24.9 Å². The first-order chi connectivity index (χ1) is 17.0. The fraction of sp³-hybridized carbons (Fsp3) is 0.304. The topological polar surface area (TPSA) is 134 Å². The molecule has 0 bridgehead atoms. The van der Waals surface area contributed by atoms with E-state index in [9.17, 15) is 4.79 Å². The maximum Gasteiger partial charge on any atom is 0.240 e. The van der Waals surface area contributed by atoms with Crippen LogP contribution in [0.5, 0.6) is 17.2 Å². The number of primary amides is 1. The Kier molecular flexibility index (Phi) is 5.77. The summed E-state index contributed by atoms with van der Waals surface area (Å²) in [6.07, 6.45) is 6.88. The molecule has 3 aromatic heterocycles. The monoisotopic (exact) mass is 478 g/mol. The maximum atomic E-state index is 11.9. The third-order valence-corrected chi connectivity index (χ3v) is 5.98. The number of nitrogens with one attached hydrogen (secondary N) is 1. The van der Waals surface area contributed by atoms with E-state index in [-0.39, 0.29) is 5.91 Å². The van der Waals surface area contributed by atoms with E-state index in [0.717, 1.165) is 12.1 Å². The number of benzene rings is 1. The van der Waals surface area contributed by atoms with Gasteiger partial charge in [0.05, 0.1) is 33.2 Å². The van der Waals surface area contributed by atoms with Gasteiger partial charge in [0.2, 0.25) is 23.6 Å². The average Bonchev–Trinajstić information content (AvgIpc) is 3.63. The van der Waals surface area contributed by atoms with Gasteiger partial charge in [0.1, 0.15) is 18.0 Å². The van der Waals surface area contributed by atoms with Crippen LogP contribution in [0.1, 0.15) is 12.8 Å². The second kappa shape index (κ2) is 9.05. The van der Waals surface area contributed by atoms with Crippen LogP contribution in [0.15, 0.2) is 43.0 Å². The normalized spacial score (nSPS) is 15.4. The Morgan fingerprint density at radius 2 is 1.91 bits per heavy atom. The van der Waals surface area contributed by atoms with E-state index in [1.807, 2.05) is 50.5 Å². The molecule has 12 nitrogen and oxygen atoms in total. The highest BCUT2D eigenvalue weighted by atomic mass is 16.5. The quantitative estimate of drug-likeness (QED) is 0.390. The Bertz CT molecular complexity index is 1360. The van der Waals surface area contributed by atoms with Crippen LogP contribution >= 0.6 is 0 Å². The first-order valence-corrected chi connectivity index (χ1v) is 11.0. The van der Waals surface area contributed by atoms with Gasteiger partial charge in [0.25, 0.3) is 0 Å². The molecule has 1 amide bonds. The summed E-state index contributed by atoms with van der Waals surface area (Å²) in [7, 11) is 4.70. The Labute approximate surface area is 201 Å². The van der Waals surface area contributed by atoms with Gasteiger partial charge in [0.15, 0.2) is 17.3 Å². The SMILES string of the molecule is COc1cc(-n2cnc(Nc3nc(N4CCC[C@H]4C(N)=O)nc4cccn34)c2)cc(OC)c1OC. The van der Waals surface area contributed by atoms with Gasteiger partial charge in [-0.3, -0.25) is 9.20 Å². The zero-order chi connectivity index (χ0) is 24.5. The molecular formula is C23H26N8O4. The second-order valence-electron chi connectivity index (χ2n) is 8.01. The molecule has 0 saturated carbocycles. The molecule has 0 spiro atoms. The van der Waals surface area contributed by atoms with Crippen LogP contribution in [0.3, 0.4) is 0 Å². The van der Waals surface area contributed by atoms with E-state index in [4.69, 9.17) is 24.9 Å². The Hall–Kier alpha value is -4.48.